The summed E-state index contributed by atoms with van der Waals surface area (Å²) in [4.78, 5) is 0. The molecule has 9 rings (SSSR count). The molecule has 8 aromatic rings. The Kier molecular flexibility index (Phi) is 6.11. The molecule has 2 nitrogen and oxygen atoms in total. The molecule has 0 unspecified atom stereocenters. The van der Waals surface area contributed by atoms with Gasteiger partial charge in [-0.15, -0.1) is 0 Å². The van der Waals surface area contributed by atoms with Gasteiger partial charge in [0.05, 0.1) is 27.8 Å². The molecular formula is C47H44N2. The molecule has 0 aliphatic heterocycles. The lowest BCUT2D eigenvalue weighted by molar-refractivity contribution is 0.545. The Morgan fingerprint density at radius 2 is 1.04 bits per heavy atom. The maximum absolute atomic E-state index is 2.53. The summed E-state index contributed by atoms with van der Waals surface area (Å²) in [5.41, 5.74) is 15.8. The fourth-order valence-corrected chi connectivity index (χ4v) is 8.76. The van der Waals surface area contributed by atoms with Gasteiger partial charge in [0.15, 0.2) is 0 Å². The molecule has 0 saturated heterocycles. The highest BCUT2D eigenvalue weighted by molar-refractivity contribution is 6.12. The molecule has 0 amide bonds. The molecule has 0 fully saturated rings. The van der Waals surface area contributed by atoms with Gasteiger partial charge in [0, 0.05) is 38.2 Å². The zero-order valence-corrected chi connectivity index (χ0v) is 29.9. The second kappa shape index (κ2) is 9.98. The molecule has 2 heteroatoms. The van der Waals surface area contributed by atoms with Crippen LogP contribution in [0, 0.1) is 0 Å². The first kappa shape index (κ1) is 30.0. The van der Waals surface area contributed by atoms with Gasteiger partial charge < -0.3 is 9.13 Å². The summed E-state index contributed by atoms with van der Waals surface area (Å²) in [5.74, 6) is 0. The first-order chi connectivity index (χ1) is 23.4. The predicted molar refractivity (Wildman–Crippen MR) is 210 cm³/mol. The number of fused-ring (bicyclic) bond motifs is 9. The normalized spacial score (nSPS) is 14.3. The third-order valence-corrected chi connectivity index (χ3v) is 11.2. The van der Waals surface area contributed by atoms with E-state index in [1.807, 2.05) is 0 Å². The van der Waals surface area contributed by atoms with Crippen molar-refractivity contribution in [3.8, 4) is 22.5 Å². The average Bonchev–Trinajstić information content (AvgIpc) is 3.67. The molecule has 6 aromatic carbocycles. The van der Waals surface area contributed by atoms with Crippen molar-refractivity contribution in [1.29, 1.82) is 0 Å². The second-order valence-electron chi connectivity index (χ2n) is 16.7. The minimum Gasteiger partial charge on any atom is -0.309 e. The van der Waals surface area contributed by atoms with Crippen LogP contribution in [0.4, 0.5) is 0 Å². The Bertz CT molecular complexity index is 2590. The molecular weight excluding hydrogens is 593 g/mol. The van der Waals surface area contributed by atoms with Gasteiger partial charge in [-0.1, -0.05) is 134 Å². The third-order valence-electron chi connectivity index (χ3n) is 11.2. The Labute approximate surface area is 289 Å². The zero-order valence-electron chi connectivity index (χ0n) is 29.9. The van der Waals surface area contributed by atoms with E-state index in [0.29, 0.717) is 0 Å². The topological polar surface area (TPSA) is 9.86 Å². The van der Waals surface area contributed by atoms with Crippen LogP contribution in [0.15, 0.2) is 121 Å². The summed E-state index contributed by atoms with van der Waals surface area (Å²) in [7, 11) is 0. The molecule has 0 bridgehead atoms. The van der Waals surface area contributed by atoms with Crippen molar-refractivity contribution in [3.63, 3.8) is 0 Å². The van der Waals surface area contributed by atoms with E-state index in [9.17, 15) is 0 Å². The van der Waals surface area contributed by atoms with Gasteiger partial charge in [-0.2, -0.15) is 0 Å². The van der Waals surface area contributed by atoms with Gasteiger partial charge >= 0.3 is 0 Å². The van der Waals surface area contributed by atoms with E-state index < -0.39 is 0 Å². The van der Waals surface area contributed by atoms with Gasteiger partial charge in [0.1, 0.15) is 0 Å². The number of para-hydroxylation sites is 3. The van der Waals surface area contributed by atoms with Gasteiger partial charge in [-0.3, -0.25) is 0 Å². The van der Waals surface area contributed by atoms with Crippen molar-refractivity contribution in [3.05, 3.63) is 144 Å². The molecule has 0 spiro atoms. The fraction of sp³-hybridized carbons (Fsp3) is 0.234. The lowest BCUT2D eigenvalue weighted by atomic mass is 9.71. The van der Waals surface area contributed by atoms with E-state index in [4.69, 9.17) is 0 Å². The lowest BCUT2D eigenvalue weighted by Crippen LogP contribution is -2.24. The SMILES string of the molecule is CC(C)(C)c1cc2c(c(C(C)(C)C)c1)C(C)(C)c1cccc(-n3c4ccccc4c4cc(-n5c6ccccc6c6ccccc65)ccc43)c1-2. The van der Waals surface area contributed by atoms with Crippen LogP contribution in [0.2, 0.25) is 0 Å². The summed E-state index contributed by atoms with van der Waals surface area (Å²) in [6.07, 6.45) is 0. The first-order valence-electron chi connectivity index (χ1n) is 17.7. The molecule has 0 N–H and O–H groups in total. The molecule has 0 radical (unpaired) electrons. The minimum absolute atomic E-state index is 0.0148. The Morgan fingerprint density at radius 3 is 1.63 bits per heavy atom. The van der Waals surface area contributed by atoms with Crippen molar-refractivity contribution in [2.24, 2.45) is 0 Å². The molecule has 49 heavy (non-hydrogen) atoms. The van der Waals surface area contributed by atoms with E-state index in [1.165, 1.54) is 88.4 Å². The van der Waals surface area contributed by atoms with E-state index in [-0.39, 0.29) is 16.2 Å². The van der Waals surface area contributed by atoms with Crippen molar-refractivity contribution in [1.82, 2.24) is 9.13 Å². The summed E-state index contributed by atoms with van der Waals surface area (Å²) >= 11 is 0. The van der Waals surface area contributed by atoms with Crippen LogP contribution in [0.1, 0.15) is 77.6 Å². The molecule has 1 aliphatic carbocycles. The first-order valence-corrected chi connectivity index (χ1v) is 17.7. The van der Waals surface area contributed by atoms with Gasteiger partial charge in [-0.25, -0.2) is 0 Å². The van der Waals surface area contributed by atoms with E-state index in [2.05, 4.69) is 186 Å². The summed E-state index contributed by atoms with van der Waals surface area (Å²) < 4.78 is 4.96. The van der Waals surface area contributed by atoms with Gasteiger partial charge in [0.25, 0.3) is 0 Å². The average molecular weight is 637 g/mol. The maximum atomic E-state index is 2.53. The number of hydrogen-bond donors (Lipinski definition) is 0. The van der Waals surface area contributed by atoms with Crippen molar-refractivity contribution in [2.75, 3.05) is 0 Å². The monoisotopic (exact) mass is 636 g/mol. The van der Waals surface area contributed by atoms with E-state index in [0.717, 1.165) is 0 Å². The number of rotatable bonds is 2. The standard InChI is InChI=1S/C47H44N2/c1-45(2,3)29-26-35-43-36(47(7,8)44(35)37(27-29)46(4,5)6)19-15-23-42(43)49-40-22-14-11-18-33(40)34-28-30(24-25-41(34)49)48-38-20-12-9-16-31(38)32-17-10-13-21-39(32)48/h9-28H,1-8H3. The minimum atomic E-state index is -0.123. The van der Waals surface area contributed by atoms with Crippen molar-refractivity contribution >= 4 is 43.6 Å². The molecule has 242 valence electrons. The van der Waals surface area contributed by atoms with Crippen LogP contribution in [-0.4, -0.2) is 9.13 Å². The van der Waals surface area contributed by atoms with Gasteiger partial charge in [0.2, 0.25) is 0 Å². The summed E-state index contributed by atoms with van der Waals surface area (Å²) in [6, 6.07) is 45.6. The summed E-state index contributed by atoms with van der Waals surface area (Å²) in [5, 5.41) is 5.11. The largest absolute Gasteiger partial charge is 0.309 e. The number of benzene rings is 6. The molecule has 0 atom stereocenters. The van der Waals surface area contributed by atoms with Crippen LogP contribution in [0.25, 0.3) is 66.1 Å². The third kappa shape index (κ3) is 4.19. The highest BCUT2D eigenvalue weighted by Crippen LogP contribution is 2.55. The number of aromatic nitrogens is 2. The molecule has 0 saturated carbocycles. The van der Waals surface area contributed by atoms with Gasteiger partial charge in [-0.05, 0) is 81.1 Å². The second-order valence-corrected chi connectivity index (χ2v) is 16.7. The Balaban J connectivity index is 1.36. The quantitative estimate of drug-likeness (QED) is 0.179. The van der Waals surface area contributed by atoms with Crippen molar-refractivity contribution in [2.45, 2.75) is 71.6 Å². The molecule has 1 aliphatic rings. The fourth-order valence-electron chi connectivity index (χ4n) is 8.76. The number of nitrogens with zero attached hydrogens (tertiary/aromatic N) is 2. The highest BCUT2D eigenvalue weighted by atomic mass is 15.0. The van der Waals surface area contributed by atoms with Crippen molar-refractivity contribution < 1.29 is 0 Å². The molecule has 2 heterocycles. The van der Waals surface area contributed by atoms with Crippen LogP contribution < -0.4 is 0 Å². The maximum Gasteiger partial charge on any atom is 0.0543 e. The van der Waals surface area contributed by atoms with Crippen LogP contribution in [-0.2, 0) is 16.2 Å². The Hall–Kier alpha value is -5.08. The number of hydrogen-bond acceptors (Lipinski definition) is 0. The smallest absolute Gasteiger partial charge is 0.0543 e. The zero-order chi connectivity index (χ0) is 34.0. The van der Waals surface area contributed by atoms with Crippen LogP contribution >= 0.6 is 0 Å². The van der Waals surface area contributed by atoms with Crippen LogP contribution in [0.5, 0.6) is 0 Å². The molecule has 2 aromatic heterocycles. The summed E-state index contributed by atoms with van der Waals surface area (Å²) in [6.45, 7) is 19.0. The van der Waals surface area contributed by atoms with Crippen LogP contribution in [0.3, 0.4) is 0 Å². The van der Waals surface area contributed by atoms with E-state index >= 15 is 0 Å². The lowest BCUT2D eigenvalue weighted by Gasteiger charge is -2.32. The Morgan fingerprint density at radius 1 is 0.490 bits per heavy atom. The predicted octanol–water partition coefficient (Wildman–Crippen LogP) is 12.8. The highest BCUT2D eigenvalue weighted by Gasteiger charge is 2.42. The van der Waals surface area contributed by atoms with E-state index in [1.54, 1.807) is 0 Å².